The molecule has 0 saturated heterocycles. The number of hydrogen-bond acceptors (Lipinski definition) is 5. The minimum Gasteiger partial charge on any atom is -0.491 e. The highest BCUT2D eigenvalue weighted by molar-refractivity contribution is 9.09. The van der Waals surface area contributed by atoms with Crippen LogP contribution in [0, 0.1) is 0 Å². The van der Waals surface area contributed by atoms with E-state index >= 15 is 0 Å². The first-order valence-corrected chi connectivity index (χ1v) is 10.9. The van der Waals surface area contributed by atoms with E-state index in [1.54, 1.807) is 31.2 Å². The van der Waals surface area contributed by atoms with Gasteiger partial charge in [0, 0.05) is 18.1 Å². The van der Waals surface area contributed by atoms with Crippen LogP contribution in [-0.2, 0) is 4.79 Å². The van der Waals surface area contributed by atoms with Gasteiger partial charge >= 0.3 is 0 Å². The molecule has 2 aromatic carbocycles. The Morgan fingerprint density at radius 1 is 0.774 bits per heavy atom. The third-order valence-corrected chi connectivity index (χ3v) is 3.81. The second kappa shape index (κ2) is 15.2. The van der Waals surface area contributed by atoms with E-state index in [2.05, 4.69) is 15.9 Å². The molecule has 0 aromatic heterocycles. The standard InChI is InChI=1S/C11H13BrO2.C11H14O2.C2H4O2/c1-8(2)14-10-5-3-9(4-6-10)11(13)7-12;1-8(2)13-11-6-4-10(5-7-11)9(3)12;1-2(3)4/h3-6,8H,7H2,1-2H3;4-8H,1-3H3;1H3,(H,3,4). The Kier molecular flexibility index (Phi) is 13.9. The molecule has 0 heterocycles. The van der Waals surface area contributed by atoms with Gasteiger partial charge in [0.15, 0.2) is 11.6 Å². The van der Waals surface area contributed by atoms with E-state index in [-0.39, 0.29) is 23.8 Å². The van der Waals surface area contributed by atoms with Crippen LogP contribution in [0.4, 0.5) is 0 Å². The molecule has 0 fully saturated rings. The lowest BCUT2D eigenvalue weighted by molar-refractivity contribution is -0.134. The number of ketones is 2. The van der Waals surface area contributed by atoms with E-state index < -0.39 is 5.97 Å². The molecule has 0 bridgehead atoms. The number of rotatable bonds is 7. The fourth-order valence-corrected chi connectivity index (χ4v) is 2.43. The van der Waals surface area contributed by atoms with Gasteiger partial charge in [0.25, 0.3) is 5.97 Å². The summed E-state index contributed by atoms with van der Waals surface area (Å²) in [6, 6.07) is 14.4. The van der Waals surface area contributed by atoms with Crippen LogP contribution in [0.1, 0.15) is 62.3 Å². The lowest BCUT2D eigenvalue weighted by Gasteiger charge is -2.09. The molecule has 0 spiro atoms. The molecule has 7 heteroatoms. The number of hydrogen-bond donors (Lipinski definition) is 1. The average Bonchev–Trinajstić information content (AvgIpc) is 2.67. The van der Waals surface area contributed by atoms with Gasteiger partial charge in [0.2, 0.25) is 0 Å². The quantitative estimate of drug-likeness (QED) is 0.385. The first-order chi connectivity index (χ1) is 14.5. The van der Waals surface area contributed by atoms with Crippen molar-refractivity contribution >= 4 is 33.5 Å². The maximum Gasteiger partial charge on any atom is 0.300 e. The summed E-state index contributed by atoms with van der Waals surface area (Å²) in [6.07, 6.45) is 0.330. The van der Waals surface area contributed by atoms with Crippen LogP contribution in [0.2, 0.25) is 0 Å². The van der Waals surface area contributed by atoms with E-state index in [9.17, 15) is 9.59 Å². The van der Waals surface area contributed by atoms with Crippen molar-refractivity contribution in [1.82, 2.24) is 0 Å². The molecule has 0 aliphatic carbocycles. The minimum absolute atomic E-state index is 0.0797. The molecule has 0 aliphatic rings. The predicted molar refractivity (Wildman–Crippen MR) is 126 cm³/mol. The Hall–Kier alpha value is -2.67. The maximum absolute atomic E-state index is 11.3. The fraction of sp³-hybridized carbons (Fsp3) is 0.375. The van der Waals surface area contributed by atoms with Crippen LogP contribution in [0.15, 0.2) is 48.5 Å². The van der Waals surface area contributed by atoms with Gasteiger partial charge in [-0.1, -0.05) is 15.9 Å². The van der Waals surface area contributed by atoms with Crippen LogP contribution in [0.3, 0.4) is 0 Å². The average molecular weight is 495 g/mol. The summed E-state index contributed by atoms with van der Waals surface area (Å²) in [7, 11) is 0. The van der Waals surface area contributed by atoms with Gasteiger partial charge in [-0.15, -0.1) is 0 Å². The smallest absolute Gasteiger partial charge is 0.300 e. The zero-order chi connectivity index (χ0) is 24.0. The highest BCUT2D eigenvalue weighted by Crippen LogP contribution is 2.15. The Morgan fingerprint density at radius 2 is 1.10 bits per heavy atom. The first kappa shape index (κ1) is 28.3. The number of alkyl halides is 1. The summed E-state index contributed by atoms with van der Waals surface area (Å²) < 4.78 is 10.9. The number of carbonyl (C=O) groups excluding carboxylic acids is 2. The van der Waals surface area contributed by atoms with Crippen molar-refractivity contribution in [3.05, 3.63) is 59.7 Å². The Balaban J connectivity index is 0.000000497. The van der Waals surface area contributed by atoms with Crippen molar-refractivity contribution in [3.63, 3.8) is 0 Å². The number of aliphatic carboxylic acids is 1. The predicted octanol–water partition coefficient (Wildman–Crippen LogP) is 5.82. The number of ether oxygens (including phenoxy) is 2. The SMILES string of the molecule is CC(=O)O.CC(=O)c1ccc(OC(C)C)cc1.CC(C)Oc1ccc(C(=O)CBr)cc1. The van der Waals surface area contributed by atoms with Crippen molar-refractivity contribution in [2.24, 2.45) is 0 Å². The molecule has 6 nitrogen and oxygen atoms in total. The molecule has 0 atom stereocenters. The molecule has 0 saturated carbocycles. The molecule has 0 aliphatic heterocycles. The Labute approximate surface area is 192 Å². The van der Waals surface area contributed by atoms with Crippen molar-refractivity contribution in [2.45, 2.75) is 53.8 Å². The zero-order valence-corrected chi connectivity index (χ0v) is 20.4. The van der Waals surface area contributed by atoms with Gasteiger partial charge in [-0.05, 0) is 83.1 Å². The maximum atomic E-state index is 11.3. The van der Waals surface area contributed by atoms with Crippen LogP contribution >= 0.6 is 15.9 Å². The van der Waals surface area contributed by atoms with E-state index in [0.29, 0.717) is 10.9 Å². The second-order valence-corrected chi connectivity index (χ2v) is 7.57. The second-order valence-electron chi connectivity index (χ2n) is 7.01. The molecule has 2 aromatic rings. The number of Topliss-reactive ketones (excluding diaryl/α,β-unsaturated/α-hetero) is 2. The van der Waals surface area contributed by atoms with Gasteiger partial charge in [-0.2, -0.15) is 0 Å². The normalized spacial score (nSPS) is 9.71. The van der Waals surface area contributed by atoms with Crippen LogP contribution in [-0.4, -0.2) is 40.2 Å². The Bertz CT molecular complexity index is 807. The number of carboxylic acid groups (broad SMARTS) is 1. The van der Waals surface area contributed by atoms with Gasteiger partial charge < -0.3 is 14.6 Å². The molecule has 0 unspecified atom stereocenters. The van der Waals surface area contributed by atoms with Gasteiger partial charge in [0.1, 0.15) is 11.5 Å². The van der Waals surface area contributed by atoms with Crippen LogP contribution in [0.25, 0.3) is 0 Å². The fourth-order valence-electron chi connectivity index (χ4n) is 2.11. The van der Waals surface area contributed by atoms with E-state index in [0.717, 1.165) is 24.0 Å². The molecule has 0 amide bonds. The van der Waals surface area contributed by atoms with Crippen LogP contribution < -0.4 is 9.47 Å². The van der Waals surface area contributed by atoms with Gasteiger partial charge in [-0.25, -0.2) is 0 Å². The number of carbonyl (C=O) groups is 3. The third-order valence-electron chi connectivity index (χ3n) is 3.30. The molecule has 31 heavy (non-hydrogen) atoms. The molecule has 2 rings (SSSR count). The van der Waals surface area contributed by atoms with Crippen molar-refractivity contribution in [3.8, 4) is 11.5 Å². The third kappa shape index (κ3) is 14.0. The lowest BCUT2D eigenvalue weighted by atomic mass is 10.1. The van der Waals surface area contributed by atoms with Crippen molar-refractivity contribution in [2.75, 3.05) is 5.33 Å². The summed E-state index contributed by atoms with van der Waals surface area (Å²) in [5.74, 6) is 0.934. The summed E-state index contributed by atoms with van der Waals surface area (Å²) >= 11 is 3.13. The lowest BCUT2D eigenvalue weighted by Crippen LogP contribution is -2.06. The first-order valence-electron chi connectivity index (χ1n) is 9.79. The van der Waals surface area contributed by atoms with Gasteiger partial charge in [-0.3, -0.25) is 14.4 Å². The van der Waals surface area contributed by atoms with E-state index in [4.69, 9.17) is 19.4 Å². The molecule has 170 valence electrons. The largest absolute Gasteiger partial charge is 0.491 e. The highest BCUT2D eigenvalue weighted by Gasteiger charge is 2.04. The summed E-state index contributed by atoms with van der Waals surface area (Å²) in [6.45, 7) is 10.5. The van der Waals surface area contributed by atoms with E-state index in [1.807, 2.05) is 52.0 Å². The molecular formula is C24H31BrO6. The molecule has 1 N–H and O–H groups in total. The van der Waals surface area contributed by atoms with Crippen molar-refractivity contribution < 1.29 is 29.0 Å². The van der Waals surface area contributed by atoms with E-state index in [1.165, 1.54) is 0 Å². The zero-order valence-electron chi connectivity index (χ0n) is 18.8. The Morgan fingerprint density at radius 3 is 1.35 bits per heavy atom. The van der Waals surface area contributed by atoms with Crippen LogP contribution in [0.5, 0.6) is 11.5 Å². The molecular weight excluding hydrogens is 464 g/mol. The monoisotopic (exact) mass is 494 g/mol. The number of halogens is 1. The molecule has 0 radical (unpaired) electrons. The number of carboxylic acids is 1. The minimum atomic E-state index is -0.833. The summed E-state index contributed by atoms with van der Waals surface area (Å²) in [5.41, 5.74) is 1.43. The number of benzene rings is 2. The van der Waals surface area contributed by atoms with Crippen molar-refractivity contribution in [1.29, 1.82) is 0 Å². The summed E-state index contributed by atoms with van der Waals surface area (Å²) in [4.78, 5) is 31.2. The summed E-state index contributed by atoms with van der Waals surface area (Å²) in [5, 5.41) is 7.78. The highest BCUT2D eigenvalue weighted by atomic mass is 79.9. The van der Waals surface area contributed by atoms with Gasteiger partial charge in [0.05, 0.1) is 17.5 Å². The topological polar surface area (TPSA) is 89.9 Å².